The van der Waals surface area contributed by atoms with E-state index in [1.807, 2.05) is 0 Å². The van der Waals surface area contributed by atoms with Crippen LogP contribution in [0.4, 0.5) is 14.7 Å². The molecular formula is C30H25F2N5O5. The number of rotatable bonds is 9. The Morgan fingerprint density at radius 2 is 1.69 bits per heavy atom. The van der Waals surface area contributed by atoms with Gasteiger partial charge in [-0.15, -0.1) is 0 Å². The molecule has 214 valence electrons. The Labute approximate surface area is 238 Å². The van der Waals surface area contributed by atoms with Gasteiger partial charge in [-0.2, -0.15) is 0 Å². The van der Waals surface area contributed by atoms with Crippen LogP contribution in [0.1, 0.15) is 15.9 Å². The van der Waals surface area contributed by atoms with Crippen LogP contribution in [0.15, 0.2) is 71.8 Å². The molecule has 0 bridgehead atoms. The van der Waals surface area contributed by atoms with Crippen molar-refractivity contribution >= 4 is 22.8 Å². The number of methoxy groups -OCH3 is 2. The van der Waals surface area contributed by atoms with Crippen molar-refractivity contribution in [2.45, 2.75) is 6.42 Å². The number of ketones is 1. The lowest BCUT2D eigenvalue weighted by Gasteiger charge is -2.18. The van der Waals surface area contributed by atoms with Crippen molar-refractivity contribution < 1.29 is 27.8 Å². The van der Waals surface area contributed by atoms with Gasteiger partial charge in [0.2, 0.25) is 5.95 Å². The van der Waals surface area contributed by atoms with Crippen molar-refractivity contribution in [3.05, 3.63) is 100 Å². The standard InChI is InChI=1S/C30H25F2N5O5/c1-36(2)30-34-16-20(29(39)37(30)19-8-6-18(31)7-9-19)23(38)14-17-5-10-24(21(32)13-17)42-25-11-12-33-22-15-26(40-3)28(41-4)35-27(22)25/h5-13,15-16H,14H2,1-4H3. The van der Waals surface area contributed by atoms with Gasteiger partial charge >= 0.3 is 0 Å². The maximum atomic E-state index is 15.2. The van der Waals surface area contributed by atoms with Crippen LogP contribution in [0.5, 0.6) is 23.1 Å². The van der Waals surface area contributed by atoms with E-state index in [1.165, 1.54) is 73.6 Å². The first kappa shape index (κ1) is 28.1. The molecule has 0 radical (unpaired) electrons. The molecule has 0 aliphatic heterocycles. The van der Waals surface area contributed by atoms with Crippen LogP contribution in [-0.4, -0.2) is 53.6 Å². The Morgan fingerprint density at radius 3 is 2.36 bits per heavy atom. The summed E-state index contributed by atoms with van der Waals surface area (Å²) in [4.78, 5) is 41.1. The number of halogens is 2. The van der Waals surface area contributed by atoms with Gasteiger partial charge in [-0.1, -0.05) is 6.07 Å². The first-order valence-corrected chi connectivity index (χ1v) is 12.6. The molecule has 5 aromatic rings. The zero-order valence-electron chi connectivity index (χ0n) is 23.1. The second-order valence-electron chi connectivity index (χ2n) is 9.33. The minimum Gasteiger partial charge on any atom is -0.491 e. The highest BCUT2D eigenvalue weighted by Gasteiger charge is 2.20. The number of carbonyl (C=O) groups is 1. The molecule has 0 saturated heterocycles. The second kappa shape index (κ2) is 11.6. The van der Waals surface area contributed by atoms with Gasteiger partial charge in [-0.25, -0.2) is 23.3 Å². The summed E-state index contributed by atoms with van der Waals surface area (Å²) in [6, 6.07) is 12.5. The number of fused-ring (bicyclic) bond motifs is 1. The lowest BCUT2D eigenvalue weighted by atomic mass is 10.0. The molecule has 0 fully saturated rings. The van der Waals surface area contributed by atoms with E-state index in [-0.39, 0.29) is 35.3 Å². The number of carbonyl (C=O) groups excluding carboxylic acids is 1. The van der Waals surface area contributed by atoms with Crippen LogP contribution in [0, 0.1) is 11.6 Å². The third-order valence-electron chi connectivity index (χ3n) is 6.33. The lowest BCUT2D eigenvalue weighted by Crippen LogP contribution is -2.31. The van der Waals surface area contributed by atoms with Gasteiger partial charge in [-0.3, -0.25) is 14.6 Å². The van der Waals surface area contributed by atoms with E-state index < -0.39 is 23.0 Å². The zero-order valence-corrected chi connectivity index (χ0v) is 23.1. The summed E-state index contributed by atoms with van der Waals surface area (Å²) in [5.74, 6) is -0.786. The molecular weight excluding hydrogens is 548 g/mol. The number of nitrogens with zero attached hydrogens (tertiary/aromatic N) is 5. The number of pyridine rings is 2. The first-order valence-electron chi connectivity index (χ1n) is 12.6. The van der Waals surface area contributed by atoms with Crippen LogP contribution in [-0.2, 0) is 6.42 Å². The van der Waals surface area contributed by atoms with E-state index >= 15 is 4.39 Å². The monoisotopic (exact) mass is 573 g/mol. The molecule has 0 saturated carbocycles. The summed E-state index contributed by atoms with van der Waals surface area (Å²) in [6.07, 6.45) is 2.42. The van der Waals surface area contributed by atoms with E-state index in [2.05, 4.69) is 15.0 Å². The molecule has 0 amide bonds. The highest BCUT2D eigenvalue weighted by atomic mass is 19.1. The van der Waals surface area contributed by atoms with Gasteiger partial charge in [0.15, 0.2) is 28.8 Å². The molecule has 2 aromatic carbocycles. The van der Waals surface area contributed by atoms with Crippen molar-refractivity contribution in [1.82, 2.24) is 19.5 Å². The molecule has 0 spiro atoms. The Balaban J connectivity index is 1.42. The maximum absolute atomic E-state index is 15.2. The number of hydrogen-bond acceptors (Lipinski definition) is 9. The highest BCUT2D eigenvalue weighted by Crippen LogP contribution is 2.34. The summed E-state index contributed by atoms with van der Waals surface area (Å²) >= 11 is 0. The van der Waals surface area contributed by atoms with Gasteiger partial charge in [0, 0.05) is 45.0 Å². The predicted molar refractivity (Wildman–Crippen MR) is 151 cm³/mol. The number of aromatic nitrogens is 4. The van der Waals surface area contributed by atoms with Gasteiger partial charge in [-0.05, 0) is 42.0 Å². The Kier molecular flexibility index (Phi) is 7.78. The van der Waals surface area contributed by atoms with Crippen LogP contribution >= 0.6 is 0 Å². The van der Waals surface area contributed by atoms with Gasteiger partial charge in [0.25, 0.3) is 11.4 Å². The topological polar surface area (TPSA) is 109 Å². The number of benzene rings is 2. The molecule has 12 heteroatoms. The minimum atomic E-state index is -0.726. The van der Waals surface area contributed by atoms with Crippen molar-refractivity contribution in [3.8, 4) is 28.8 Å². The molecule has 0 atom stereocenters. The second-order valence-corrected chi connectivity index (χ2v) is 9.33. The number of hydrogen-bond donors (Lipinski definition) is 0. The fourth-order valence-electron chi connectivity index (χ4n) is 4.30. The summed E-state index contributed by atoms with van der Waals surface area (Å²) in [5, 5.41) is 0. The molecule has 42 heavy (non-hydrogen) atoms. The molecule has 0 aliphatic carbocycles. The first-order chi connectivity index (χ1) is 20.2. The third kappa shape index (κ3) is 5.46. The normalized spacial score (nSPS) is 10.9. The maximum Gasteiger partial charge on any atom is 0.270 e. The SMILES string of the molecule is COc1cc2nccc(Oc3ccc(CC(=O)c4cnc(N(C)C)n(-c5ccc(F)cc5)c4=O)cc3F)c2nc1OC. The van der Waals surface area contributed by atoms with E-state index in [9.17, 15) is 14.0 Å². The van der Waals surface area contributed by atoms with Crippen molar-refractivity contribution in [2.24, 2.45) is 0 Å². The summed E-state index contributed by atoms with van der Waals surface area (Å²) in [6.45, 7) is 0. The molecule has 0 aliphatic rings. The zero-order chi connectivity index (χ0) is 30.0. The van der Waals surface area contributed by atoms with Crippen LogP contribution in [0.3, 0.4) is 0 Å². The Hall–Kier alpha value is -5.39. The molecule has 3 heterocycles. The molecule has 0 N–H and O–H groups in total. The van der Waals surface area contributed by atoms with E-state index in [0.29, 0.717) is 28.0 Å². The largest absolute Gasteiger partial charge is 0.491 e. The Bertz CT molecular complexity index is 1860. The van der Waals surface area contributed by atoms with Crippen molar-refractivity contribution in [2.75, 3.05) is 33.2 Å². The smallest absolute Gasteiger partial charge is 0.270 e. The Morgan fingerprint density at radius 1 is 0.929 bits per heavy atom. The minimum absolute atomic E-state index is 0.106. The van der Waals surface area contributed by atoms with E-state index in [0.717, 1.165) is 6.07 Å². The third-order valence-corrected chi connectivity index (χ3v) is 6.33. The lowest BCUT2D eigenvalue weighted by molar-refractivity contribution is 0.0990. The number of ether oxygens (including phenoxy) is 3. The molecule has 5 rings (SSSR count). The quantitative estimate of drug-likeness (QED) is 0.231. The average Bonchev–Trinajstić information content (AvgIpc) is 2.98. The predicted octanol–water partition coefficient (Wildman–Crippen LogP) is 4.75. The number of anilines is 1. The average molecular weight is 574 g/mol. The fourth-order valence-corrected chi connectivity index (χ4v) is 4.30. The highest BCUT2D eigenvalue weighted by molar-refractivity contribution is 5.97. The van der Waals surface area contributed by atoms with E-state index in [4.69, 9.17) is 14.2 Å². The molecule has 0 unspecified atom stereocenters. The van der Waals surface area contributed by atoms with Gasteiger partial charge in [0.1, 0.15) is 16.9 Å². The summed E-state index contributed by atoms with van der Waals surface area (Å²) in [5.41, 5.74) is 0.625. The van der Waals surface area contributed by atoms with Crippen molar-refractivity contribution in [1.29, 1.82) is 0 Å². The fraction of sp³-hybridized carbons (Fsp3) is 0.167. The number of Topliss-reactive ketones (excluding diaryl/α,β-unsaturated/α-hetero) is 1. The summed E-state index contributed by atoms with van der Waals surface area (Å²) in [7, 11) is 6.30. The van der Waals surface area contributed by atoms with Crippen LogP contribution in [0.2, 0.25) is 0 Å². The summed E-state index contributed by atoms with van der Waals surface area (Å²) < 4.78 is 46.2. The van der Waals surface area contributed by atoms with Gasteiger partial charge < -0.3 is 19.1 Å². The van der Waals surface area contributed by atoms with Crippen LogP contribution in [0.25, 0.3) is 16.7 Å². The van der Waals surface area contributed by atoms with Crippen LogP contribution < -0.4 is 24.7 Å². The molecule has 10 nitrogen and oxygen atoms in total. The van der Waals surface area contributed by atoms with Gasteiger partial charge in [0.05, 0.1) is 25.4 Å². The van der Waals surface area contributed by atoms with E-state index in [1.54, 1.807) is 25.1 Å². The molecule has 3 aromatic heterocycles. The van der Waals surface area contributed by atoms with Crippen molar-refractivity contribution in [3.63, 3.8) is 0 Å².